The van der Waals surface area contributed by atoms with Crippen LogP contribution in [-0.4, -0.2) is 25.5 Å². The first-order valence-corrected chi connectivity index (χ1v) is 7.53. The summed E-state index contributed by atoms with van der Waals surface area (Å²) in [7, 11) is 1.50. The third kappa shape index (κ3) is 4.28. The molecule has 1 aromatic heterocycles. The largest absolute Gasteiger partial charge is 0.493 e. The topological polar surface area (TPSA) is 89.8 Å². The average Bonchev–Trinajstić information content (AvgIpc) is 3.03. The number of rotatable bonds is 6. The Morgan fingerprint density at radius 3 is 2.46 bits per heavy atom. The summed E-state index contributed by atoms with van der Waals surface area (Å²) in [5.74, 6) is 0.723. The predicted octanol–water partition coefficient (Wildman–Crippen LogP) is 2.46. The summed E-state index contributed by atoms with van der Waals surface area (Å²) in [6.45, 7) is 4.28. The Kier molecular flexibility index (Phi) is 5.83. The van der Waals surface area contributed by atoms with Crippen LogP contribution in [0.3, 0.4) is 0 Å². The van der Waals surface area contributed by atoms with Crippen molar-refractivity contribution in [3.63, 3.8) is 0 Å². The third-order valence-corrected chi connectivity index (χ3v) is 3.14. The molecule has 7 nitrogen and oxygen atoms in total. The van der Waals surface area contributed by atoms with Crippen molar-refractivity contribution >= 4 is 11.8 Å². The Bertz CT molecular complexity index is 724. The van der Waals surface area contributed by atoms with E-state index in [2.05, 4.69) is 10.9 Å². The van der Waals surface area contributed by atoms with E-state index in [1.165, 1.54) is 13.2 Å². The highest BCUT2D eigenvalue weighted by Crippen LogP contribution is 2.28. The van der Waals surface area contributed by atoms with Crippen LogP contribution in [0.15, 0.2) is 34.7 Å². The number of nitrogens with one attached hydrogen (secondary N) is 2. The van der Waals surface area contributed by atoms with E-state index in [0.717, 1.165) is 6.42 Å². The number of benzene rings is 1. The summed E-state index contributed by atoms with van der Waals surface area (Å²) in [6, 6.07) is 7.98. The number of carbonyl (C=O) groups is 2. The first kappa shape index (κ1) is 17.4. The standard InChI is InChI=1S/C17H20N2O5/c1-4-9-23-13-8-6-12(10-15(13)22-3)16(20)18-19-17(21)14-7-5-11(2)24-14/h5-8,10H,4,9H2,1-3H3,(H,18,20)(H,19,21). The molecule has 128 valence electrons. The third-order valence-electron chi connectivity index (χ3n) is 3.14. The number of hydrazine groups is 1. The van der Waals surface area contributed by atoms with Gasteiger partial charge in [0.15, 0.2) is 17.3 Å². The van der Waals surface area contributed by atoms with E-state index < -0.39 is 11.8 Å². The number of amides is 2. The molecule has 2 amide bonds. The van der Waals surface area contributed by atoms with Crippen molar-refractivity contribution in [1.29, 1.82) is 0 Å². The molecule has 2 aromatic rings. The number of hydrogen-bond donors (Lipinski definition) is 2. The highest BCUT2D eigenvalue weighted by atomic mass is 16.5. The fourth-order valence-corrected chi connectivity index (χ4v) is 1.94. The molecule has 0 fully saturated rings. The second kappa shape index (κ2) is 8.05. The van der Waals surface area contributed by atoms with Crippen LogP contribution in [0.2, 0.25) is 0 Å². The molecule has 0 atom stereocenters. The molecule has 1 aromatic carbocycles. The molecule has 0 aliphatic rings. The molecule has 7 heteroatoms. The van der Waals surface area contributed by atoms with Crippen molar-refractivity contribution in [2.75, 3.05) is 13.7 Å². The summed E-state index contributed by atoms with van der Waals surface area (Å²) in [6.07, 6.45) is 0.865. The van der Waals surface area contributed by atoms with Crippen molar-refractivity contribution in [2.45, 2.75) is 20.3 Å². The summed E-state index contributed by atoms with van der Waals surface area (Å²) >= 11 is 0. The van der Waals surface area contributed by atoms with Gasteiger partial charge in [0.05, 0.1) is 13.7 Å². The van der Waals surface area contributed by atoms with E-state index in [4.69, 9.17) is 13.9 Å². The Hall–Kier alpha value is -2.96. The Morgan fingerprint density at radius 2 is 1.83 bits per heavy atom. The molecule has 24 heavy (non-hydrogen) atoms. The normalized spacial score (nSPS) is 10.1. The van der Waals surface area contributed by atoms with Crippen molar-refractivity contribution in [3.8, 4) is 11.5 Å². The van der Waals surface area contributed by atoms with Gasteiger partial charge in [-0.25, -0.2) is 0 Å². The number of methoxy groups -OCH3 is 1. The van der Waals surface area contributed by atoms with E-state index in [9.17, 15) is 9.59 Å². The van der Waals surface area contributed by atoms with E-state index in [0.29, 0.717) is 29.4 Å². The highest BCUT2D eigenvalue weighted by Gasteiger charge is 2.14. The smallest absolute Gasteiger partial charge is 0.305 e. The molecule has 0 radical (unpaired) electrons. The van der Waals surface area contributed by atoms with Gasteiger partial charge in [-0.1, -0.05) is 6.92 Å². The summed E-state index contributed by atoms with van der Waals surface area (Å²) < 4.78 is 15.9. The lowest BCUT2D eigenvalue weighted by Gasteiger charge is -2.12. The maximum Gasteiger partial charge on any atom is 0.305 e. The lowest BCUT2D eigenvalue weighted by Crippen LogP contribution is -2.41. The second-order valence-electron chi connectivity index (χ2n) is 5.03. The van der Waals surface area contributed by atoms with Gasteiger partial charge in [-0.2, -0.15) is 0 Å². The van der Waals surface area contributed by atoms with Crippen LogP contribution in [-0.2, 0) is 0 Å². The minimum absolute atomic E-state index is 0.119. The van der Waals surface area contributed by atoms with Crippen molar-refractivity contribution < 1.29 is 23.5 Å². The first-order valence-electron chi connectivity index (χ1n) is 7.53. The lowest BCUT2D eigenvalue weighted by molar-refractivity contribution is 0.0830. The van der Waals surface area contributed by atoms with Crippen LogP contribution >= 0.6 is 0 Å². The lowest BCUT2D eigenvalue weighted by atomic mass is 10.2. The summed E-state index contributed by atoms with van der Waals surface area (Å²) in [5.41, 5.74) is 4.94. The van der Waals surface area contributed by atoms with Gasteiger partial charge in [-0.05, 0) is 43.7 Å². The zero-order chi connectivity index (χ0) is 17.5. The van der Waals surface area contributed by atoms with Crippen LogP contribution in [0.1, 0.15) is 40.0 Å². The summed E-state index contributed by atoms with van der Waals surface area (Å²) in [4.78, 5) is 24.0. The Labute approximate surface area is 139 Å². The summed E-state index contributed by atoms with van der Waals surface area (Å²) in [5, 5.41) is 0. The monoisotopic (exact) mass is 332 g/mol. The maximum atomic E-state index is 12.1. The van der Waals surface area contributed by atoms with E-state index in [1.807, 2.05) is 6.92 Å². The van der Waals surface area contributed by atoms with Gasteiger partial charge in [0.2, 0.25) is 0 Å². The molecule has 1 heterocycles. The molecule has 0 unspecified atom stereocenters. The van der Waals surface area contributed by atoms with Crippen molar-refractivity contribution in [3.05, 3.63) is 47.4 Å². The SMILES string of the molecule is CCCOc1ccc(C(=O)NNC(=O)c2ccc(C)o2)cc1OC. The van der Waals surface area contributed by atoms with Gasteiger partial charge in [0, 0.05) is 5.56 Å². The predicted molar refractivity (Wildman–Crippen MR) is 87.2 cm³/mol. The molecule has 0 saturated heterocycles. The van der Waals surface area contributed by atoms with Crippen LogP contribution in [0.5, 0.6) is 11.5 Å². The van der Waals surface area contributed by atoms with E-state index in [-0.39, 0.29) is 5.76 Å². The maximum absolute atomic E-state index is 12.1. The number of carbonyl (C=O) groups excluding carboxylic acids is 2. The number of ether oxygens (including phenoxy) is 2. The molecule has 0 bridgehead atoms. The average molecular weight is 332 g/mol. The number of aryl methyl sites for hydroxylation is 1. The fraction of sp³-hybridized carbons (Fsp3) is 0.294. The van der Waals surface area contributed by atoms with Crippen LogP contribution < -0.4 is 20.3 Å². The molecule has 2 rings (SSSR count). The van der Waals surface area contributed by atoms with Gasteiger partial charge in [-0.15, -0.1) is 0 Å². The molecule has 0 saturated carbocycles. The molecule has 0 aliphatic heterocycles. The molecule has 0 spiro atoms. The van der Waals surface area contributed by atoms with Gasteiger partial charge < -0.3 is 13.9 Å². The first-order chi connectivity index (χ1) is 11.5. The van der Waals surface area contributed by atoms with Crippen molar-refractivity contribution in [1.82, 2.24) is 10.9 Å². The van der Waals surface area contributed by atoms with Gasteiger partial charge in [0.25, 0.3) is 5.91 Å². The van der Waals surface area contributed by atoms with Gasteiger partial charge in [0.1, 0.15) is 5.76 Å². The van der Waals surface area contributed by atoms with Crippen LogP contribution in [0.25, 0.3) is 0 Å². The van der Waals surface area contributed by atoms with Gasteiger partial charge >= 0.3 is 5.91 Å². The minimum Gasteiger partial charge on any atom is -0.493 e. The van der Waals surface area contributed by atoms with E-state index in [1.54, 1.807) is 31.2 Å². The molecule has 0 aliphatic carbocycles. The zero-order valence-corrected chi connectivity index (χ0v) is 13.8. The van der Waals surface area contributed by atoms with Crippen molar-refractivity contribution in [2.24, 2.45) is 0 Å². The van der Waals surface area contributed by atoms with E-state index >= 15 is 0 Å². The molecular weight excluding hydrogens is 312 g/mol. The second-order valence-corrected chi connectivity index (χ2v) is 5.03. The number of hydrogen-bond acceptors (Lipinski definition) is 5. The van der Waals surface area contributed by atoms with Crippen LogP contribution in [0, 0.1) is 6.92 Å². The molecular formula is C17H20N2O5. The Balaban J connectivity index is 2.00. The van der Waals surface area contributed by atoms with Crippen LogP contribution in [0.4, 0.5) is 0 Å². The number of furan rings is 1. The fourth-order valence-electron chi connectivity index (χ4n) is 1.94. The quantitative estimate of drug-likeness (QED) is 0.793. The van der Waals surface area contributed by atoms with Gasteiger partial charge in [-0.3, -0.25) is 20.4 Å². The minimum atomic E-state index is -0.536. The Morgan fingerprint density at radius 1 is 1.08 bits per heavy atom. The zero-order valence-electron chi connectivity index (χ0n) is 13.8. The molecule has 2 N–H and O–H groups in total. The highest BCUT2D eigenvalue weighted by molar-refractivity contribution is 5.98.